The zero-order valence-corrected chi connectivity index (χ0v) is 15.8. The predicted octanol–water partition coefficient (Wildman–Crippen LogP) is 2.55. The molecule has 0 aromatic heterocycles. The van der Waals surface area contributed by atoms with E-state index in [0.717, 1.165) is 50.9 Å². The maximum Gasteiger partial charge on any atom is 0.222 e. The van der Waals surface area contributed by atoms with Gasteiger partial charge in [0, 0.05) is 26.1 Å². The van der Waals surface area contributed by atoms with Gasteiger partial charge in [0.15, 0.2) is 0 Å². The highest BCUT2D eigenvalue weighted by Gasteiger charge is 2.28. The summed E-state index contributed by atoms with van der Waals surface area (Å²) in [6.07, 6.45) is 8.46. The number of likely N-dealkylation sites (tertiary alicyclic amines) is 2. The van der Waals surface area contributed by atoms with Crippen molar-refractivity contribution < 1.29 is 4.79 Å². The minimum Gasteiger partial charge on any atom is -0.342 e. The van der Waals surface area contributed by atoms with Gasteiger partial charge in [-0.3, -0.25) is 4.79 Å². The summed E-state index contributed by atoms with van der Waals surface area (Å²) in [7, 11) is 0. The van der Waals surface area contributed by atoms with E-state index in [0.29, 0.717) is 5.91 Å². The molecule has 0 aromatic rings. The molecule has 0 spiro atoms. The van der Waals surface area contributed by atoms with E-state index in [1.807, 2.05) is 0 Å². The third kappa shape index (κ3) is 6.41. The van der Waals surface area contributed by atoms with Crippen molar-refractivity contribution in [1.82, 2.24) is 15.1 Å². The summed E-state index contributed by atoms with van der Waals surface area (Å²) < 4.78 is 0. The molecule has 2 unspecified atom stereocenters. The Labute approximate surface area is 153 Å². The number of amides is 1. The van der Waals surface area contributed by atoms with Crippen LogP contribution >= 0.6 is 24.8 Å². The van der Waals surface area contributed by atoms with Crippen LogP contribution in [0.25, 0.3) is 0 Å². The molecule has 3 aliphatic rings. The van der Waals surface area contributed by atoms with E-state index in [1.54, 1.807) is 0 Å². The standard InChI is InChI=1S/C17H31N3O.2ClH/c21-17(5-4-15-6-8-18-12-15)20-11-7-16(14-20)13-19-9-2-1-3-10-19;;/h15-16,18H,1-14H2;2*1H. The van der Waals surface area contributed by atoms with Crippen LogP contribution in [-0.4, -0.2) is 61.5 Å². The Morgan fingerprint density at radius 3 is 2.48 bits per heavy atom. The summed E-state index contributed by atoms with van der Waals surface area (Å²) in [6.45, 7) is 8.04. The van der Waals surface area contributed by atoms with Crippen LogP contribution in [0.15, 0.2) is 0 Å². The Kier molecular flexibility index (Phi) is 9.83. The van der Waals surface area contributed by atoms with Crippen molar-refractivity contribution in [2.24, 2.45) is 11.8 Å². The predicted molar refractivity (Wildman–Crippen MR) is 99.7 cm³/mol. The van der Waals surface area contributed by atoms with Crippen molar-refractivity contribution in [3.05, 3.63) is 0 Å². The summed E-state index contributed by atoms with van der Waals surface area (Å²) in [6, 6.07) is 0. The first-order valence-electron chi connectivity index (χ1n) is 9.02. The molecule has 1 N–H and O–H groups in total. The van der Waals surface area contributed by atoms with E-state index in [4.69, 9.17) is 0 Å². The number of nitrogens with one attached hydrogen (secondary N) is 1. The fourth-order valence-corrected chi connectivity index (χ4v) is 4.16. The minimum absolute atomic E-state index is 0. The number of carbonyl (C=O) groups excluding carboxylic acids is 1. The Morgan fingerprint density at radius 1 is 1.00 bits per heavy atom. The lowest BCUT2D eigenvalue weighted by Crippen LogP contribution is -2.36. The number of hydrogen-bond acceptors (Lipinski definition) is 3. The van der Waals surface area contributed by atoms with E-state index in [2.05, 4.69) is 15.1 Å². The van der Waals surface area contributed by atoms with Gasteiger partial charge in [0.2, 0.25) is 5.91 Å². The highest BCUT2D eigenvalue weighted by molar-refractivity contribution is 5.85. The van der Waals surface area contributed by atoms with Gasteiger partial charge in [0.05, 0.1) is 0 Å². The lowest BCUT2D eigenvalue weighted by molar-refractivity contribution is -0.130. The smallest absolute Gasteiger partial charge is 0.222 e. The topological polar surface area (TPSA) is 35.6 Å². The molecule has 6 heteroatoms. The van der Waals surface area contributed by atoms with Gasteiger partial charge < -0.3 is 15.1 Å². The van der Waals surface area contributed by atoms with Gasteiger partial charge in [-0.2, -0.15) is 0 Å². The molecule has 0 aliphatic carbocycles. The second-order valence-corrected chi connectivity index (χ2v) is 7.25. The summed E-state index contributed by atoms with van der Waals surface area (Å²) >= 11 is 0. The average Bonchev–Trinajstić information content (AvgIpc) is 3.17. The lowest BCUT2D eigenvalue weighted by Gasteiger charge is -2.29. The first-order chi connectivity index (χ1) is 10.3. The minimum atomic E-state index is 0. The van der Waals surface area contributed by atoms with Gasteiger partial charge in [-0.25, -0.2) is 0 Å². The molecule has 3 rings (SSSR count). The van der Waals surface area contributed by atoms with Crippen molar-refractivity contribution in [2.75, 3.05) is 45.8 Å². The summed E-state index contributed by atoms with van der Waals surface area (Å²) in [5, 5.41) is 3.39. The second-order valence-electron chi connectivity index (χ2n) is 7.25. The van der Waals surface area contributed by atoms with Crippen molar-refractivity contribution in [1.29, 1.82) is 0 Å². The average molecular weight is 366 g/mol. The van der Waals surface area contributed by atoms with Gasteiger partial charge in [-0.05, 0) is 70.1 Å². The molecule has 0 saturated carbocycles. The quantitative estimate of drug-likeness (QED) is 0.812. The van der Waals surface area contributed by atoms with Gasteiger partial charge in [0.25, 0.3) is 0 Å². The van der Waals surface area contributed by atoms with Crippen molar-refractivity contribution in [3.63, 3.8) is 0 Å². The third-order valence-corrected chi connectivity index (χ3v) is 5.53. The molecule has 3 saturated heterocycles. The summed E-state index contributed by atoms with van der Waals surface area (Å²) in [4.78, 5) is 17.1. The molecule has 0 aromatic carbocycles. The van der Waals surface area contributed by atoms with Gasteiger partial charge in [-0.1, -0.05) is 6.42 Å². The van der Waals surface area contributed by atoms with Crippen LogP contribution in [0.2, 0.25) is 0 Å². The number of nitrogens with zero attached hydrogens (tertiary/aromatic N) is 2. The molecule has 4 nitrogen and oxygen atoms in total. The summed E-state index contributed by atoms with van der Waals surface area (Å²) in [5.74, 6) is 1.86. The number of rotatable bonds is 5. The van der Waals surface area contributed by atoms with E-state index in [9.17, 15) is 4.79 Å². The molecule has 23 heavy (non-hydrogen) atoms. The van der Waals surface area contributed by atoms with Crippen LogP contribution in [0, 0.1) is 11.8 Å². The Balaban J connectivity index is 0.00000132. The fraction of sp³-hybridized carbons (Fsp3) is 0.941. The normalized spacial score (nSPS) is 28.3. The van der Waals surface area contributed by atoms with E-state index in [1.165, 1.54) is 51.7 Å². The van der Waals surface area contributed by atoms with Gasteiger partial charge in [0.1, 0.15) is 0 Å². The van der Waals surface area contributed by atoms with E-state index in [-0.39, 0.29) is 24.8 Å². The Morgan fingerprint density at radius 2 is 1.78 bits per heavy atom. The lowest BCUT2D eigenvalue weighted by atomic mass is 10.0. The number of piperidine rings is 1. The molecule has 136 valence electrons. The van der Waals surface area contributed by atoms with Crippen molar-refractivity contribution in [3.8, 4) is 0 Å². The molecule has 0 bridgehead atoms. The van der Waals surface area contributed by atoms with E-state index >= 15 is 0 Å². The molecule has 3 heterocycles. The van der Waals surface area contributed by atoms with Gasteiger partial charge in [-0.15, -0.1) is 24.8 Å². The zero-order valence-electron chi connectivity index (χ0n) is 14.2. The highest BCUT2D eigenvalue weighted by Crippen LogP contribution is 2.22. The monoisotopic (exact) mass is 365 g/mol. The molecule has 2 atom stereocenters. The Hall–Kier alpha value is -0.0300. The summed E-state index contributed by atoms with van der Waals surface area (Å²) in [5.41, 5.74) is 0. The van der Waals surface area contributed by atoms with Crippen LogP contribution in [-0.2, 0) is 4.79 Å². The molecule has 3 aliphatic heterocycles. The third-order valence-electron chi connectivity index (χ3n) is 5.53. The molecule has 3 fully saturated rings. The van der Waals surface area contributed by atoms with Crippen LogP contribution in [0.4, 0.5) is 0 Å². The largest absolute Gasteiger partial charge is 0.342 e. The molecular weight excluding hydrogens is 333 g/mol. The molecular formula is C17H33Cl2N3O. The van der Waals surface area contributed by atoms with Crippen molar-refractivity contribution >= 4 is 30.7 Å². The number of carbonyl (C=O) groups is 1. The van der Waals surface area contributed by atoms with Gasteiger partial charge >= 0.3 is 0 Å². The van der Waals surface area contributed by atoms with Crippen LogP contribution in [0.3, 0.4) is 0 Å². The molecule has 1 amide bonds. The van der Waals surface area contributed by atoms with Crippen LogP contribution < -0.4 is 5.32 Å². The SMILES string of the molecule is Cl.Cl.O=C(CCC1CCNC1)N1CCC(CN2CCCCC2)C1. The zero-order chi connectivity index (χ0) is 14.5. The first-order valence-corrected chi connectivity index (χ1v) is 9.02. The van der Waals surface area contributed by atoms with Crippen LogP contribution in [0.1, 0.15) is 44.9 Å². The fourth-order valence-electron chi connectivity index (χ4n) is 4.16. The van der Waals surface area contributed by atoms with E-state index < -0.39 is 0 Å². The molecule has 0 radical (unpaired) electrons. The second kappa shape index (κ2) is 10.8. The van der Waals surface area contributed by atoms with Crippen molar-refractivity contribution in [2.45, 2.75) is 44.9 Å². The number of halogens is 2. The highest BCUT2D eigenvalue weighted by atomic mass is 35.5. The Bertz CT molecular complexity index is 345. The maximum absolute atomic E-state index is 12.3. The maximum atomic E-state index is 12.3. The van der Waals surface area contributed by atoms with Crippen LogP contribution in [0.5, 0.6) is 0 Å². The number of hydrogen-bond donors (Lipinski definition) is 1. The first kappa shape index (κ1) is 21.0.